The van der Waals surface area contributed by atoms with Gasteiger partial charge in [-0.05, 0) is 25.1 Å². The Morgan fingerprint density at radius 1 is 1.38 bits per heavy atom. The average Bonchev–Trinajstić information content (AvgIpc) is 2.67. The number of aliphatic carboxylic acids is 1. The second-order valence-corrected chi connectivity index (χ2v) is 6.62. The molecular formula is C16H20Cl2N2O4. The number of carbonyl (C=O) groups excluding carboxylic acids is 1. The van der Waals surface area contributed by atoms with Crippen LogP contribution in [-0.4, -0.2) is 58.8 Å². The van der Waals surface area contributed by atoms with Crippen LogP contribution < -0.4 is 4.90 Å². The Morgan fingerprint density at radius 3 is 2.67 bits per heavy atom. The third-order valence-electron chi connectivity index (χ3n) is 4.18. The maximum absolute atomic E-state index is 12.4. The fourth-order valence-corrected chi connectivity index (χ4v) is 3.24. The van der Waals surface area contributed by atoms with E-state index in [-0.39, 0.29) is 37.9 Å². The molecule has 2 atom stereocenters. The summed E-state index contributed by atoms with van der Waals surface area (Å²) < 4.78 is 0. The van der Waals surface area contributed by atoms with Crippen LogP contribution in [0.2, 0.25) is 10.0 Å². The Bertz CT molecular complexity index is 626. The van der Waals surface area contributed by atoms with E-state index >= 15 is 0 Å². The second-order valence-electron chi connectivity index (χ2n) is 5.80. The van der Waals surface area contributed by atoms with E-state index in [0.717, 1.165) is 5.69 Å². The van der Waals surface area contributed by atoms with E-state index in [2.05, 4.69) is 0 Å². The van der Waals surface area contributed by atoms with Crippen molar-refractivity contribution in [2.24, 2.45) is 0 Å². The zero-order valence-corrected chi connectivity index (χ0v) is 14.8. The van der Waals surface area contributed by atoms with Gasteiger partial charge in [0.05, 0.1) is 10.0 Å². The summed E-state index contributed by atoms with van der Waals surface area (Å²) in [5.41, 5.74) is 0.834. The molecule has 0 aromatic heterocycles. The Labute approximate surface area is 150 Å². The second kappa shape index (κ2) is 8.05. The summed E-state index contributed by atoms with van der Waals surface area (Å²) in [6.07, 6.45) is 0.209. The number of hydrogen-bond acceptors (Lipinski definition) is 4. The lowest BCUT2D eigenvalue weighted by Gasteiger charge is -2.33. The van der Waals surface area contributed by atoms with Gasteiger partial charge in [-0.25, -0.2) is 4.79 Å². The molecule has 6 nitrogen and oxygen atoms in total. The number of nitrogens with zero attached hydrogens (tertiary/aromatic N) is 2. The molecule has 1 amide bonds. The van der Waals surface area contributed by atoms with E-state index in [0.29, 0.717) is 16.6 Å². The van der Waals surface area contributed by atoms with Crippen LogP contribution in [0.1, 0.15) is 19.8 Å². The van der Waals surface area contributed by atoms with E-state index in [1.807, 2.05) is 17.9 Å². The number of anilines is 1. The lowest BCUT2D eigenvalue weighted by atomic mass is 10.1. The maximum Gasteiger partial charge on any atom is 0.326 e. The van der Waals surface area contributed by atoms with Crippen molar-refractivity contribution >= 4 is 40.8 Å². The number of halogens is 2. The lowest BCUT2D eigenvalue weighted by Crippen LogP contribution is -2.48. The van der Waals surface area contributed by atoms with Gasteiger partial charge in [0.15, 0.2) is 0 Å². The Morgan fingerprint density at radius 2 is 2.08 bits per heavy atom. The Hall–Kier alpha value is -1.50. The van der Waals surface area contributed by atoms with Gasteiger partial charge in [0.1, 0.15) is 6.04 Å². The average molecular weight is 375 g/mol. The van der Waals surface area contributed by atoms with Crippen molar-refractivity contribution in [2.45, 2.75) is 31.8 Å². The molecule has 0 bridgehead atoms. The molecule has 1 fully saturated rings. The monoisotopic (exact) mass is 374 g/mol. The molecule has 132 valence electrons. The molecule has 1 aromatic rings. The maximum atomic E-state index is 12.4. The van der Waals surface area contributed by atoms with Crippen LogP contribution in [0.5, 0.6) is 0 Å². The van der Waals surface area contributed by atoms with Crippen molar-refractivity contribution < 1.29 is 19.8 Å². The van der Waals surface area contributed by atoms with Crippen LogP contribution in [0.4, 0.5) is 5.69 Å². The van der Waals surface area contributed by atoms with Crippen LogP contribution in [0.15, 0.2) is 18.2 Å². The molecule has 1 heterocycles. The van der Waals surface area contributed by atoms with Gasteiger partial charge in [-0.15, -0.1) is 0 Å². The minimum Gasteiger partial charge on any atom is -0.480 e. The SMILES string of the molecule is CC1CN([C@@H](CCO)C(=O)O)C(=O)CCN1c1ccc(Cl)c(Cl)c1. The van der Waals surface area contributed by atoms with E-state index in [1.54, 1.807) is 12.1 Å². The number of aliphatic hydroxyl groups excluding tert-OH is 1. The number of aliphatic hydroxyl groups is 1. The molecular weight excluding hydrogens is 355 g/mol. The molecule has 2 N–H and O–H groups in total. The van der Waals surface area contributed by atoms with Gasteiger partial charge in [-0.3, -0.25) is 4.79 Å². The van der Waals surface area contributed by atoms with Crippen molar-refractivity contribution in [3.8, 4) is 0 Å². The quantitative estimate of drug-likeness (QED) is 0.825. The predicted molar refractivity (Wildman–Crippen MR) is 92.7 cm³/mol. The fourth-order valence-electron chi connectivity index (χ4n) is 2.95. The number of carbonyl (C=O) groups is 2. The summed E-state index contributed by atoms with van der Waals surface area (Å²) in [5.74, 6) is -1.34. The van der Waals surface area contributed by atoms with Gasteiger partial charge in [0.25, 0.3) is 0 Å². The third-order valence-corrected chi connectivity index (χ3v) is 4.92. The first-order chi connectivity index (χ1) is 11.3. The number of carboxylic acids is 1. The number of amides is 1. The van der Waals surface area contributed by atoms with Crippen molar-refractivity contribution in [3.63, 3.8) is 0 Å². The zero-order chi connectivity index (χ0) is 17.9. The number of hydrogen-bond donors (Lipinski definition) is 2. The fraction of sp³-hybridized carbons (Fsp3) is 0.500. The van der Waals surface area contributed by atoms with Gasteiger partial charge >= 0.3 is 5.97 Å². The van der Waals surface area contributed by atoms with Gasteiger partial charge < -0.3 is 20.0 Å². The third kappa shape index (κ3) is 4.12. The molecule has 1 aliphatic rings. The summed E-state index contributed by atoms with van der Waals surface area (Å²) in [6, 6.07) is 4.14. The molecule has 0 radical (unpaired) electrons. The first kappa shape index (κ1) is 18.8. The molecule has 1 aromatic carbocycles. The molecule has 1 aliphatic heterocycles. The normalized spacial score (nSPS) is 20.0. The molecule has 8 heteroatoms. The van der Waals surface area contributed by atoms with Crippen LogP contribution >= 0.6 is 23.2 Å². The molecule has 0 spiro atoms. The summed E-state index contributed by atoms with van der Waals surface area (Å²) in [4.78, 5) is 27.2. The number of rotatable bonds is 5. The van der Waals surface area contributed by atoms with Gasteiger partial charge in [0.2, 0.25) is 5.91 Å². The summed E-state index contributed by atoms with van der Waals surface area (Å²) in [7, 11) is 0. The topological polar surface area (TPSA) is 81.1 Å². The predicted octanol–water partition coefficient (Wildman–Crippen LogP) is 2.26. The molecule has 0 aliphatic carbocycles. The molecule has 0 saturated carbocycles. The summed E-state index contributed by atoms with van der Waals surface area (Å²) >= 11 is 12.0. The van der Waals surface area contributed by atoms with Crippen molar-refractivity contribution in [1.29, 1.82) is 0 Å². The van der Waals surface area contributed by atoms with E-state index < -0.39 is 12.0 Å². The van der Waals surface area contributed by atoms with Crippen LogP contribution in [0.25, 0.3) is 0 Å². The largest absolute Gasteiger partial charge is 0.480 e. The standard InChI is InChI=1S/C16H20Cl2N2O4/c1-10-9-20(14(5-7-21)16(23)24)15(22)4-6-19(10)11-2-3-12(17)13(18)8-11/h2-3,8,10,14,21H,4-7,9H2,1H3,(H,23,24)/t10?,14-/m0/s1. The van der Waals surface area contributed by atoms with Crippen molar-refractivity contribution in [3.05, 3.63) is 28.2 Å². The van der Waals surface area contributed by atoms with Crippen LogP contribution in [-0.2, 0) is 9.59 Å². The highest BCUT2D eigenvalue weighted by molar-refractivity contribution is 6.42. The number of benzene rings is 1. The minimum atomic E-state index is -1.10. The van der Waals surface area contributed by atoms with Crippen LogP contribution in [0.3, 0.4) is 0 Å². The highest BCUT2D eigenvalue weighted by Crippen LogP contribution is 2.29. The summed E-state index contributed by atoms with van der Waals surface area (Å²) in [5, 5.41) is 19.3. The van der Waals surface area contributed by atoms with E-state index in [4.69, 9.17) is 28.3 Å². The minimum absolute atomic E-state index is 0.0145. The van der Waals surface area contributed by atoms with Gasteiger partial charge in [0, 0.05) is 44.3 Å². The Kier molecular flexibility index (Phi) is 6.32. The van der Waals surface area contributed by atoms with Crippen molar-refractivity contribution in [1.82, 2.24) is 4.90 Å². The zero-order valence-electron chi connectivity index (χ0n) is 13.3. The first-order valence-electron chi connectivity index (χ1n) is 7.70. The molecule has 24 heavy (non-hydrogen) atoms. The number of carboxylic acid groups (broad SMARTS) is 1. The molecule has 2 rings (SSSR count). The highest BCUT2D eigenvalue weighted by atomic mass is 35.5. The smallest absolute Gasteiger partial charge is 0.326 e. The van der Waals surface area contributed by atoms with E-state index in [1.165, 1.54) is 4.90 Å². The first-order valence-corrected chi connectivity index (χ1v) is 8.45. The molecule has 1 saturated heterocycles. The van der Waals surface area contributed by atoms with Crippen LogP contribution in [0, 0.1) is 0 Å². The lowest BCUT2D eigenvalue weighted by molar-refractivity contribution is -0.150. The Balaban J connectivity index is 2.24. The molecule has 1 unspecified atom stereocenters. The van der Waals surface area contributed by atoms with Gasteiger partial charge in [-0.2, -0.15) is 0 Å². The van der Waals surface area contributed by atoms with Gasteiger partial charge in [-0.1, -0.05) is 23.2 Å². The van der Waals surface area contributed by atoms with Crippen molar-refractivity contribution in [2.75, 3.05) is 24.6 Å². The van der Waals surface area contributed by atoms with E-state index in [9.17, 15) is 14.7 Å². The highest BCUT2D eigenvalue weighted by Gasteiger charge is 2.34. The summed E-state index contributed by atoms with van der Waals surface area (Å²) in [6.45, 7) is 2.35.